The van der Waals surface area contributed by atoms with Gasteiger partial charge in [0, 0.05) is 17.7 Å². The predicted molar refractivity (Wildman–Crippen MR) is 60.7 cm³/mol. The Morgan fingerprint density at radius 1 is 1.67 bits per heavy atom. The van der Waals surface area contributed by atoms with Gasteiger partial charge in [-0.25, -0.2) is 0 Å². The lowest BCUT2D eigenvalue weighted by Crippen LogP contribution is -2.04. The van der Waals surface area contributed by atoms with Gasteiger partial charge in [0.2, 0.25) is 0 Å². The van der Waals surface area contributed by atoms with Gasteiger partial charge in [0.05, 0.1) is 5.03 Å². The molecule has 0 aliphatic heterocycles. The molecular formula is C8H14N2S2. The predicted octanol–water partition coefficient (Wildman–Crippen LogP) is 2.09. The van der Waals surface area contributed by atoms with Crippen molar-refractivity contribution in [2.45, 2.75) is 0 Å². The Labute approximate surface area is 82.5 Å². The van der Waals surface area contributed by atoms with E-state index in [-0.39, 0.29) is 0 Å². The van der Waals surface area contributed by atoms with E-state index >= 15 is 0 Å². The fraction of sp³-hybridized carbons (Fsp3) is 0.250. The zero-order valence-electron chi connectivity index (χ0n) is 7.17. The first-order valence-electron chi connectivity index (χ1n) is 3.38. The van der Waals surface area contributed by atoms with Crippen molar-refractivity contribution in [3.8, 4) is 0 Å². The van der Waals surface area contributed by atoms with Gasteiger partial charge < -0.3 is 10.5 Å². The molecule has 0 radical (unpaired) electrons. The lowest BCUT2D eigenvalue weighted by Gasteiger charge is -2.05. The fourth-order valence-corrected chi connectivity index (χ4v) is 1.57. The minimum absolute atomic E-state index is 0.758. The van der Waals surface area contributed by atoms with Gasteiger partial charge >= 0.3 is 0 Å². The number of hydrogen-bond donors (Lipinski definition) is 2. The van der Waals surface area contributed by atoms with E-state index in [0.717, 1.165) is 16.5 Å². The molecule has 0 rings (SSSR count). The Bertz CT molecular complexity index is 187. The zero-order valence-corrected chi connectivity index (χ0v) is 8.80. The summed E-state index contributed by atoms with van der Waals surface area (Å²) >= 11 is 3.07. The Kier molecular flexibility index (Phi) is 6.90. The number of allylic oxidation sites excluding steroid dienone is 2. The summed E-state index contributed by atoms with van der Waals surface area (Å²) in [6.07, 6.45) is 5.41. The van der Waals surface area contributed by atoms with Gasteiger partial charge in [-0.2, -0.15) is 0 Å². The molecule has 0 aromatic rings. The van der Waals surface area contributed by atoms with Crippen LogP contribution in [0, 0.1) is 0 Å². The quantitative estimate of drug-likeness (QED) is 0.511. The first kappa shape index (κ1) is 11.5. The van der Waals surface area contributed by atoms with Crippen LogP contribution in [0.1, 0.15) is 0 Å². The molecule has 0 aliphatic carbocycles. The van der Waals surface area contributed by atoms with Gasteiger partial charge in [-0.3, -0.25) is 0 Å². The van der Waals surface area contributed by atoms with Gasteiger partial charge in [0.25, 0.3) is 0 Å². The van der Waals surface area contributed by atoms with Crippen LogP contribution in [-0.4, -0.2) is 12.0 Å². The maximum atomic E-state index is 5.61. The van der Waals surface area contributed by atoms with E-state index in [1.807, 2.05) is 6.26 Å². The molecule has 0 heterocycles. The van der Waals surface area contributed by atoms with E-state index in [9.17, 15) is 0 Å². The second-order valence-corrected chi connectivity index (χ2v) is 3.66. The van der Waals surface area contributed by atoms with Gasteiger partial charge in [-0.1, -0.05) is 31.2 Å². The van der Waals surface area contributed by atoms with Crippen LogP contribution in [0.2, 0.25) is 0 Å². The molecule has 0 aromatic heterocycles. The van der Waals surface area contributed by atoms with Crippen molar-refractivity contribution in [1.29, 1.82) is 0 Å². The Balaban J connectivity index is 3.60. The van der Waals surface area contributed by atoms with Gasteiger partial charge in [-0.05, 0) is 6.08 Å². The molecule has 0 aromatic carbocycles. The summed E-state index contributed by atoms with van der Waals surface area (Å²) in [5, 5.41) is 0.758. The van der Waals surface area contributed by atoms with Crippen molar-refractivity contribution < 1.29 is 0 Å². The highest BCUT2D eigenvalue weighted by Gasteiger charge is 1.93. The van der Waals surface area contributed by atoms with Crippen LogP contribution in [0.15, 0.2) is 36.0 Å². The second-order valence-electron chi connectivity index (χ2n) is 2.00. The van der Waals surface area contributed by atoms with Crippen molar-refractivity contribution in [2.75, 3.05) is 12.0 Å². The summed E-state index contributed by atoms with van der Waals surface area (Å²) in [6, 6.07) is 0. The van der Waals surface area contributed by atoms with E-state index in [1.165, 1.54) is 11.9 Å². The Hall–Kier alpha value is -0.480. The monoisotopic (exact) mass is 202 g/mol. The van der Waals surface area contributed by atoms with Crippen LogP contribution in [0.25, 0.3) is 0 Å². The summed E-state index contributed by atoms with van der Waals surface area (Å²) < 4.78 is 3.04. The largest absolute Gasteiger partial charge is 0.394 e. The number of hydrogen-bond acceptors (Lipinski definition) is 4. The third-order valence-electron chi connectivity index (χ3n) is 0.942. The third kappa shape index (κ3) is 6.24. The summed E-state index contributed by atoms with van der Waals surface area (Å²) in [7, 11) is 0. The first-order valence-corrected chi connectivity index (χ1v) is 5.59. The van der Waals surface area contributed by atoms with Gasteiger partial charge in [0.1, 0.15) is 0 Å². The molecular weight excluding hydrogens is 188 g/mol. The molecule has 12 heavy (non-hydrogen) atoms. The van der Waals surface area contributed by atoms with Gasteiger partial charge in [0.15, 0.2) is 0 Å². The molecule has 0 fully saturated rings. The van der Waals surface area contributed by atoms with Crippen molar-refractivity contribution in [2.24, 2.45) is 5.73 Å². The van der Waals surface area contributed by atoms with Crippen molar-refractivity contribution in [3.05, 3.63) is 36.0 Å². The molecule has 4 heteroatoms. The van der Waals surface area contributed by atoms with Crippen LogP contribution in [0.3, 0.4) is 0 Å². The van der Waals surface area contributed by atoms with E-state index in [1.54, 1.807) is 23.9 Å². The minimum atomic E-state index is 0.758. The minimum Gasteiger partial charge on any atom is -0.394 e. The standard InChI is InChI=1S/C8H14N2S2/c1-4-5-8(9)12-6-7(2)10-11-3/h4-5,10H,1-2,6,9H2,3H3/b8-5-. The molecule has 0 saturated heterocycles. The molecule has 0 saturated carbocycles. The highest BCUT2D eigenvalue weighted by molar-refractivity contribution is 8.03. The third-order valence-corrected chi connectivity index (χ3v) is 2.40. The van der Waals surface area contributed by atoms with E-state index in [4.69, 9.17) is 5.73 Å². The first-order chi connectivity index (χ1) is 5.70. The van der Waals surface area contributed by atoms with Crippen LogP contribution >= 0.6 is 23.7 Å². The zero-order chi connectivity index (χ0) is 9.40. The summed E-state index contributed by atoms with van der Waals surface area (Å²) in [5.41, 5.74) is 6.57. The normalized spacial score (nSPS) is 10.9. The molecule has 0 atom stereocenters. The van der Waals surface area contributed by atoms with Crippen LogP contribution in [0.5, 0.6) is 0 Å². The summed E-state index contributed by atoms with van der Waals surface area (Å²) in [4.78, 5) is 0. The van der Waals surface area contributed by atoms with Crippen LogP contribution in [-0.2, 0) is 0 Å². The number of nitrogens with two attached hydrogens (primary N) is 1. The smallest absolute Gasteiger partial charge is 0.0658 e. The molecule has 0 spiro atoms. The highest BCUT2D eigenvalue weighted by Crippen LogP contribution is 2.12. The molecule has 0 unspecified atom stereocenters. The lowest BCUT2D eigenvalue weighted by molar-refractivity contribution is 1.23. The maximum absolute atomic E-state index is 5.61. The summed E-state index contributed by atoms with van der Waals surface area (Å²) in [6.45, 7) is 7.37. The summed E-state index contributed by atoms with van der Waals surface area (Å²) in [5.74, 6) is 0.789. The van der Waals surface area contributed by atoms with Crippen LogP contribution in [0.4, 0.5) is 0 Å². The number of nitrogens with one attached hydrogen (secondary N) is 1. The Morgan fingerprint density at radius 2 is 2.33 bits per heavy atom. The van der Waals surface area contributed by atoms with Gasteiger partial charge in [-0.15, -0.1) is 11.8 Å². The molecule has 0 amide bonds. The molecule has 0 aliphatic rings. The van der Waals surface area contributed by atoms with Crippen LogP contribution < -0.4 is 10.5 Å². The second kappa shape index (κ2) is 7.18. The number of thioether (sulfide) groups is 1. The van der Waals surface area contributed by atoms with Crippen molar-refractivity contribution in [3.63, 3.8) is 0 Å². The lowest BCUT2D eigenvalue weighted by atomic mass is 10.6. The SMILES string of the molecule is C=C/C=C(/N)SCC(=C)NSC. The highest BCUT2D eigenvalue weighted by atomic mass is 32.2. The number of rotatable bonds is 6. The molecule has 2 nitrogen and oxygen atoms in total. The average Bonchev–Trinajstić information content (AvgIpc) is 2.02. The van der Waals surface area contributed by atoms with E-state index in [2.05, 4.69) is 17.9 Å². The topological polar surface area (TPSA) is 38.0 Å². The molecule has 3 N–H and O–H groups in total. The molecule has 68 valence electrons. The maximum Gasteiger partial charge on any atom is 0.0658 e. The Morgan fingerprint density at radius 3 is 2.83 bits per heavy atom. The average molecular weight is 202 g/mol. The van der Waals surface area contributed by atoms with Crippen molar-refractivity contribution >= 4 is 23.7 Å². The van der Waals surface area contributed by atoms with Crippen molar-refractivity contribution in [1.82, 2.24) is 4.72 Å². The van der Waals surface area contributed by atoms with E-state index < -0.39 is 0 Å². The van der Waals surface area contributed by atoms with E-state index in [0.29, 0.717) is 0 Å². The fourth-order valence-electron chi connectivity index (χ4n) is 0.509. The molecule has 0 bridgehead atoms.